The van der Waals surface area contributed by atoms with Gasteiger partial charge in [0.05, 0.1) is 12.0 Å². The molecule has 0 spiro atoms. The number of halogens is 3. The van der Waals surface area contributed by atoms with E-state index in [1.54, 1.807) is 12.1 Å². The Morgan fingerprint density at radius 1 is 0.968 bits per heavy atom. The van der Waals surface area contributed by atoms with Crippen molar-refractivity contribution in [3.63, 3.8) is 0 Å². The standard InChI is InChI=1S/C23H19F3N2O3/c1-14-12-17(16-6-8-19(9-7-16)30-23(24,25)26)13-20-21(14)31-28-22(20)29-11-10-18-5-3-4-15(2)27-18/h3-9,12-13H,10-11H2,1-2H3. The average Bonchev–Trinajstić information content (AvgIpc) is 3.11. The number of nitrogens with zero attached hydrogens (tertiary/aromatic N) is 2. The molecule has 0 radical (unpaired) electrons. The highest BCUT2D eigenvalue weighted by Crippen LogP contribution is 2.34. The summed E-state index contributed by atoms with van der Waals surface area (Å²) in [4.78, 5) is 4.45. The number of aromatic nitrogens is 2. The Hall–Kier alpha value is -3.55. The molecule has 2 heterocycles. The SMILES string of the molecule is Cc1cccc(CCOc2noc3c(C)cc(-c4ccc(OC(F)(F)F)cc4)cc23)n1. The van der Waals surface area contributed by atoms with Gasteiger partial charge in [-0.25, -0.2) is 0 Å². The van der Waals surface area contributed by atoms with Crippen LogP contribution in [0.2, 0.25) is 0 Å². The predicted molar refractivity (Wildman–Crippen MR) is 109 cm³/mol. The zero-order valence-electron chi connectivity index (χ0n) is 16.9. The molecule has 0 amide bonds. The van der Waals surface area contributed by atoms with Crippen LogP contribution in [0.3, 0.4) is 0 Å². The first-order valence-electron chi connectivity index (χ1n) is 9.60. The lowest BCUT2D eigenvalue weighted by molar-refractivity contribution is -0.274. The molecule has 0 unspecified atom stereocenters. The lowest BCUT2D eigenvalue weighted by Gasteiger charge is -2.10. The maximum atomic E-state index is 12.4. The van der Waals surface area contributed by atoms with Gasteiger partial charge in [-0.3, -0.25) is 4.98 Å². The summed E-state index contributed by atoms with van der Waals surface area (Å²) in [6.45, 7) is 4.19. The summed E-state index contributed by atoms with van der Waals surface area (Å²) >= 11 is 0. The van der Waals surface area contributed by atoms with Gasteiger partial charge < -0.3 is 14.0 Å². The minimum atomic E-state index is -4.72. The third kappa shape index (κ3) is 4.96. The number of benzene rings is 2. The van der Waals surface area contributed by atoms with Crippen molar-refractivity contribution in [2.45, 2.75) is 26.6 Å². The highest BCUT2D eigenvalue weighted by molar-refractivity contribution is 5.89. The van der Waals surface area contributed by atoms with Crippen LogP contribution in [-0.4, -0.2) is 23.1 Å². The molecule has 8 heteroatoms. The number of hydrogen-bond acceptors (Lipinski definition) is 5. The first-order valence-corrected chi connectivity index (χ1v) is 9.60. The van der Waals surface area contributed by atoms with Gasteiger partial charge in [-0.2, -0.15) is 0 Å². The van der Waals surface area contributed by atoms with Gasteiger partial charge in [0.1, 0.15) is 5.75 Å². The lowest BCUT2D eigenvalue weighted by atomic mass is 10.0. The zero-order chi connectivity index (χ0) is 22.0. The van der Waals surface area contributed by atoms with Crippen molar-refractivity contribution < 1.29 is 27.2 Å². The molecule has 0 fully saturated rings. The van der Waals surface area contributed by atoms with E-state index >= 15 is 0 Å². The first-order chi connectivity index (χ1) is 14.8. The number of fused-ring (bicyclic) bond motifs is 1. The van der Waals surface area contributed by atoms with E-state index in [0.717, 1.165) is 28.1 Å². The first kappa shape index (κ1) is 20.7. The van der Waals surface area contributed by atoms with Crippen molar-refractivity contribution in [1.82, 2.24) is 10.1 Å². The van der Waals surface area contributed by atoms with Crippen LogP contribution >= 0.6 is 0 Å². The summed E-state index contributed by atoms with van der Waals surface area (Å²) in [5.74, 6) is 0.0948. The van der Waals surface area contributed by atoms with E-state index in [2.05, 4.69) is 14.9 Å². The van der Waals surface area contributed by atoms with Gasteiger partial charge in [0, 0.05) is 17.8 Å². The van der Waals surface area contributed by atoms with Crippen LogP contribution in [0, 0.1) is 13.8 Å². The van der Waals surface area contributed by atoms with Gasteiger partial charge in [0.2, 0.25) is 0 Å². The third-order valence-electron chi connectivity index (χ3n) is 4.69. The van der Waals surface area contributed by atoms with Gasteiger partial charge in [0.25, 0.3) is 5.88 Å². The molecule has 0 saturated heterocycles. The number of aryl methyl sites for hydroxylation is 2. The molecule has 2 aromatic carbocycles. The summed E-state index contributed by atoms with van der Waals surface area (Å²) < 4.78 is 52.3. The van der Waals surface area contributed by atoms with Crippen molar-refractivity contribution >= 4 is 11.0 Å². The number of hydrogen-bond donors (Lipinski definition) is 0. The second kappa shape index (κ2) is 8.29. The topological polar surface area (TPSA) is 57.4 Å². The van der Waals surface area contributed by atoms with E-state index in [9.17, 15) is 13.2 Å². The minimum Gasteiger partial charge on any atom is -0.475 e. The van der Waals surface area contributed by atoms with Crippen molar-refractivity contribution in [2.24, 2.45) is 0 Å². The number of pyridine rings is 1. The maximum absolute atomic E-state index is 12.4. The highest BCUT2D eigenvalue weighted by atomic mass is 19.4. The van der Waals surface area contributed by atoms with Crippen molar-refractivity contribution in [1.29, 1.82) is 0 Å². The van der Waals surface area contributed by atoms with E-state index in [0.29, 0.717) is 29.9 Å². The van der Waals surface area contributed by atoms with Gasteiger partial charge in [-0.05, 0) is 72.1 Å². The van der Waals surface area contributed by atoms with Crippen LogP contribution in [0.1, 0.15) is 17.0 Å². The second-order valence-electron chi connectivity index (χ2n) is 7.10. The predicted octanol–water partition coefficient (Wildman–Crippen LogP) is 6.03. The Balaban J connectivity index is 1.54. The Morgan fingerprint density at radius 3 is 2.45 bits per heavy atom. The second-order valence-corrected chi connectivity index (χ2v) is 7.10. The van der Waals surface area contributed by atoms with Crippen LogP contribution in [0.5, 0.6) is 11.6 Å². The molecule has 5 nitrogen and oxygen atoms in total. The molecular formula is C23H19F3N2O3. The Labute approximate surface area is 176 Å². The van der Waals surface area contributed by atoms with Gasteiger partial charge >= 0.3 is 6.36 Å². The molecule has 0 aliphatic carbocycles. The van der Waals surface area contributed by atoms with Gasteiger partial charge in [-0.1, -0.05) is 18.2 Å². The summed E-state index contributed by atoms with van der Waals surface area (Å²) in [6, 6.07) is 15.2. The highest BCUT2D eigenvalue weighted by Gasteiger charge is 2.31. The maximum Gasteiger partial charge on any atom is 0.573 e. The molecule has 160 valence electrons. The van der Waals surface area contributed by atoms with Crippen LogP contribution in [-0.2, 0) is 6.42 Å². The smallest absolute Gasteiger partial charge is 0.475 e. The fourth-order valence-electron chi connectivity index (χ4n) is 3.30. The summed E-state index contributed by atoms with van der Waals surface area (Å²) in [5, 5.41) is 4.73. The van der Waals surface area contributed by atoms with Crippen LogP contribution < -0.4 is 9.47 Å². The van der Waals surface area contributed by atoms with Crippen molar-refractivity contribution in [2.75, 3.05) is 6.61 Å². The Kier molecular flexibility index (Phi) is 5.54. The molecule has 0 aliphatic heterocycles. The minimum absolute atomic E-state index is 0.271. The fourth-order valence-corrected chi connectivity index (χ4v) is 3.30. The summed E-state index contributed by atoms with van der Waals surface area (Å²) in [5.41, 5.74) is 4.84. The normalized spacial score (nSPS) is 11.6. The number of rotatable bonds is 6. The number of alkyl halides is 3. The number of ether oxygens (including phenoxy) is 2. The monoisotopic (exact) mass is 428 g/mol. The molecule has 4 rings (SSSR count). The van der Waals surface area contributed by atoms with Gasteiger partial charge in [-0.15, -0.1) is 13.2 Å². The molecule has 0 bridgehead atoms. The molecule has 31 heavy (non-hydrogen) atoms. The molecule has 0 saturated carbocycles. The lowest BCUT2D eigenvalue weighted by Crippen LogP contribution is -2.16. The summed E-state index contributed by atoms with van der Waals surface area (Å²) in [7, 11) is 0. The third-order valence-corrected chi connectivity index (χ3v) is 4.69. The quantitative estimate of drug-likeness (QED) is 0.376. The molecule has 2 aromatic heterocycles. The fraction of sp³-hybridized carbons (Fsp3) is 0.217. The van der Waals surface area contributed by atoms with E-state index in [1.807, 2.05) is 44.2 Å². The van der Waals surface area contributed by atoms with Crippen LogP contribution in [0.4, 0.5) is 13.2 Å². The molecular weight excluding hydrogens is 409 g/mol. The van der Waals surface area contributed by atoms with Crippen molar-refractivity contribution in [3.8, 4) is 22.8 Å². The van der Waals surface area contributed by atoms with Crippen LogP contribution in [0.25, 0.3) is 22.1 Å². The largest absolute Gasteiger partial charge is 0.573 e. The Morgan fingerprint density at radius 2 is 1.74 bits per heavy atom. The molecule has 0 N–H and O–H groups in total. The van der Waals surface area contributed by atoms with Gasteiger partial charge in [0.15, 0.2) is 5.58 Å². The summed E-state index contributed by atoms with van der Waals surface area (Å²) in [6.07, 6.45) is -4.10. The molecule has 0 atom stereocenters. The van der Waals surface area contributed by atoms with Crippen molar-refractivity contribution in [3.05, 3.63) is 71.5 Å². The molecule has 4 aromatic rings. The van der Waals surface area contributed by atoms with E-state index < -0.39 is 6.36 Å². The molecule has 0 aliphatic rings. The van der Waals surface area contributed by atoms with Crippen LogP contribution in [0.15, 0.2) is 59.1 Å². The average molecular weight is 428 g/mol. The van der Waals surface area contributed by atoms with E-state index in [-0.39, 0.29) is 5.75 Å². The zero-order valence-corrected chi connectivity index (χ0v) is 16.9. The van der Waals surface area contributed by atoms with E-state index in [1.165, 1.54) is 12.1 Å². The van der Waals surface area contributed by atoms with E-state index in [4.69, 9.17) is 9.26 Å². The Bertz CT molecular complexity index is 1200.